The molecule has 24 heavy (non-hydrogen) atoms. The molecule has 2 aromatic rings. The maximum atomic E-state index is 12.2. The second-order valence-electron chi connectivity index (χ2n) is 4.56. The van der Waals surface area contributed by atoms with Gasteiger partial charge in [-0.2, -0.15) is 4.98 Å². The molecule has 0 aliphatic carbocycles. The Labute approximate surface area is 142 Å². The summed E-state index contributed by atoms with van der Waals surface area (Å²) < 4.78 is 50.7. The summed E-state index contributed by atoms with van der Waals surface area (Å²) in [4.78, 5) is 16.9. The first-order valence-corrected chi connectivity index (χ1v) is 10.1. The van der Waals surface area contributed by atoms with Crippen molar-refractivity contribution in [2.24, 2.45) is 0 Å². The van der Waals surface area contributed by atoms with Gasteiger partial charge in [-0.1, -0.05) is 16.8 Å². The predicted octanol–water partition coefficient (Wildman–Crippen LogP) is -0.109. The van der Waals surface area contributed by atoms with Gasteiger partial charge in [0.05, 0.1) is 11.2 Å². The van der Waals surface area contributed by atoms with E-state index in [2.05, 4.69) is 14.7 Å². The molecule has 0 radical (unpaired) electrons. The first-order valence-electron chi connectivity index (χ1n) is 6.15. The molecule has 130 valence electrons. The molecule has 0 saturated heterocycles. The van der Waals surface area contributed by atoms with Crippen LogP contribution >= 0.6 is 11.6 Å². The van der Waals surface area contributed by atoms with E-state index in [1.54, 1.807) is 4.83 Å². The van der Waals surface area contributed by atoms with E-state index < -0.39 is 37.4 Å². The minimum absolute atomic E-state index is 0.00134. The highest BCUT2D eigenvalue weighted by Crippen LogP contribution is 2.17. The molecule has 0 bridgehead atoms. The third kappa shape index (κ3) is 4.99. The summed E-state index contributed by atoms with van der Waals surface area (Å²) in [5, 5.41) is 3.76. The smallest absolute Gasteiger partial charge is 0.324 e. The number of carbonyl (C=O) groups excluding carboxylic acids is 1. The van der Waals surface area contributed by atoms with Crippen LogP contribution in [0.15, 0.2) is 33.7 Å². The highest BCUT2D eigenvalue weighted by Gasteiger charge is 2.22. The summed E-state index contributed by atoms with van der Waals surface area (Å²) in [6.07, 6.45) is 0.825. The number of halogens is 1. The summed E-state index contributed by atoms with van der Waals surface area (Å²) in [6, 6.07) is 5.48. The van der Waals surface area contributed by atoms with Gasteiger partial charge in [0.1, 0.15) is 5.75 Å². The van der Waals surface area contributed by atoms with Gasteiger partial charge >= 0.3 is 11.8 Å². The average molecular weight is 395 g/mol. The van der Waals surface area contributed by atoms with Gasteiger partial charge in [-0.05, 0) is 24.3 Å². The van der Waals surface area contributed by atoms with Crippen LogP contribution in [0.1, 0.15) is 16.5 Å². The SMILES string of the molecule is CS(=O)(=O)NNC(=O)c1nc(CS(=O)(=O)c2ccc(Cl)cc2)no1. The Morgan fingerprint density at radius 2 is 1.83 bits per heavy atom. The normalized spacial score (nSPS) is 12.1. The van der Waals surface area contributed by atoms with E-state index in [1.807, 2.05) is 5.43 Å². The van der Waals surface area contributed by atoms with Gasteiger partial charge in [-0.3, -0.25) is 10.2 Å². The fourth-order valence-corrected chi connectivity index (χ4v) is 3.07. The molecule has 0 aliphatic rings. The maximum Gasteiger partial charge on any atom is 0.324 e. The number of benzene rings is 1. The highest BCUT2D eigenvalue weighted by atomic mass is 35.5. The lowest BCUT2D eigenvalue weighted by Crippen LogP contribution is -2.41. The Morgan fingerprint density at radius 1 is 1.21 bits per heavy atom. The van der Waals surface area contributed by atoms with E-state index in [9.17, 15) is 21.6 Å². The van der Waals surface area contributed by atoms with Crippen molar-refractivity contribution in [1.29, 1.82) is 0 Å². The lowest BCUT2D eigenvalue weighted by Gasteiger charge is -2.01. The fraction of sp³-hybridized carbons (Fsp3) is 0.182. The molecule has 0 saturated carbocycles. The van der Waals surface area contributed by atoms with Gasteiger partial charge in [-0.25, -0.2) is 16.8 Å². The Balaban J connectivity index is 2.10. The van der Waals surface area contributed by atoms with Crippen LogP contribution in [-0.4, -0.2) is 39.1 Å². The van der Waals surface area contributed by atoms with Gasteiger partial charge < -0.3 is 4.52 Å². The van der Waals surface area contributed by atoms with Crippen LogP contribution in [0, 0.1) is 0 Å². The van der Waals surface area contributed by atoms with Gasteiger partial charge in [0.15, 0.2) is 15.7 Å². The second kappa shape index (κ2) is 6.84. The van der Waals surface area contributed by atoms with E-state index in [-0.39, 0.29) is 10.7 Å². The number of hydrogen-bond donors (Lipinski definition) is 2. The summed E-state index contributed by atoms with van der Waals surface area (Å²) in [5.74, 6) is -2.48. The second-order valence-corrected chi connectivity index (χ2v) is 8.73. The van der Waals surface area contributed by atoms with Crippen LogP contribution in [0.3, 0.4) is 0 Å². The Bertz CT molecular complexity index is 953. The molecule has 13 heteroatoms. The predicted molar refractivity (Wildman–Crippen MR) is 82.1 cm³/mol. The van der Waals surface area contributed by atoms with Gasteiger partial charge in [0, 0.05) is 5.02 Å². The van der Waals surface area contributed by atoms with E-state index in [0.29, 0.717) is 5.02 Å². The van der Waals surface area contributed by atoms with E-state index in [4.69, 9.17) is 11.6 Å². The van der Waals surface area contributed by atoms with E-state index in [0.717, 1.165) is 6.26 Å². The lowest BCUT2D eigenvalue weighted by molar-refractivity contribution is 0.0901. The Morgan fingerprint density at radius 3 is 2.42 bits per heavy atom. The van der Waals surface area contributed by atoms with E-state index >= 15 is 0 Å². The van der Waals surface area contributed by atoms with Crippen LogP contribution in [0.2, 0.25) is 5.02 Å². The number of nitrogens with one attached hydrogen (secondary N) is 2. The zero-order valence-corrected chi connectivity index (χ0v) is 14.4. The molecule has 1 aromatic carbocycles. The number of sulfonamides is 1. The average Bonchev–Trinajstić information content (AvgIpc) is 2.92. The summed E-state index contributed by atoms with van der Waals surface area (Å²) in [6.45, 7) is 0. The molecule has 0 atom stereocenters. The van der Waals surface area contributed by atoms with Crippen molar-refractivity contribution < 1.29 is 26.2 Å². The number of nitrogens with zero attached hydrogens (tertiary/aromatic N) is 2. The number of aromatic nitrogens is 2. The van der Waals surface area contributed by atoms with Crippen molar-refractivity contribution in [2.45, 2.75) is 10.6 Å². The molecule has 0 aliphatic heterocycles. The van der Waals surface area contributed by atoms with Crippen LogP contribution in [0.5, 0.6) is 0 Å². The lowest BCUT2D eigenvalue weighted by atomic mass is 10.4. The molecule has 1 heterocycles. The molecule has 0 spiro atoms. The van der Waals surface area contributed by atoms with Gasteiger partial charge in [-0.15, -0.1) is 4.83 Å². The zero-order chi connectivity index (χ0) is 18.0. The largest absolute Gasteiger partial charge is 0.328 e. The van der Waals surface area contributed by atoms with Crippen molar-refractivity contribution >= 4 is 37.4 Å². The van der Waals surface area contributed by atoms with Crippen molar-refractivity contribution in [2.75, 3.05) is 6.26 Å². The molecule has 2 rings (SSSR count). The molecule has 0 unspecified atom stereocenters. The number of carbonyl (C=O) groups is 1. The molecule has 2 N–H and O–H groups in total. The van der Waals surface area contributed by atoms with Crippen molar-refractivity contribution in [3.05, 3.63) is 41.0 Å². The van der Waals surface area contributed by atoms with Crippen molar-refractivity contribution in [3.8, 4) is 0 Å². The summed E-state index contributed by atoms with van der Waals surface area (Å²) in [7, 11) is -7.43. The van der Waals surface area contributed by atoms with Crippen molar-refractivity contribution in [3.63, 3.8) is 0 Å². The maximum absolute atomic E-state index is 12.2. The number of hydrogen-bond acceptors (Lipinski definition) is 8. The number of amides is 1. The minimum atomic E-state index is -3.76. The molecule has 1 amide bonds. The third-order valence-electron chi connectivity index (χ3n) is 2.50. The number of sulfone groups is 1. The monoisotopic (exact) mass is 394 g/mol. The van der Waals surface area contributed by atoms with E-state index in [1.165, 1.54) is 24.3 Å². The Hall–Kier alpha value is -2.02. The van der Waals surface area contributed by atoms with Gasteiger partial charge in [0.2, 0.25) is 10.0 Å². The molecule has 10 nitrogen and oxygen atoms in total. The first kappa shape index (κ1) is 18.3. The summed E-state index contributed by atoms with van der Waals surface area (Å²) >= 11 is 5.69. The number of rotatable bonds is 6. The fourth-order valence-electron chi connectivity index (χ4n) is 1.49. The topological polar surface area (TPSA) is 148 Å². The molecule has 1 aromatic heterocycles. The van der Waals surface area contributed by atoms with Crippen LogP contribution < -0.4 is 10.3 Å². The Kier molecular flexibility index (Phi) is 5.22. The standard InChI is InChI=1S/C11H11ClN4O6S2/c1-23(18,19)16-14-10(17)11-13-9(15-22-11)6-24(20,21)8-4-2-7(12)3-5-8/h2-5,16H,6H2,1H3,(H,14,17). The minimum Gasteiger partial charge on any atom is -0.328 e. The quantitative estimate of drug-likeness (QED) is 0.644. The third-order valence-corrected chi connectivity index (χ3v) is 4.86. The molecule has 0 fully saturated rings. The highest BCUT2D eigenvalue weighted by molar-refractivity contribution is 7.90. The molecular formula is C11H11ClN4O6S2. The van der Waals surface area contributed by atoms with Crippen LogP contribution in [-0.2, 0) is 25.6 Å². The zero-order valence-electron chi connectivity index (χ0n) is 12.1. The number of hydrazine groups is 1. The van der Waals surface area contributed by atoms with Crippen LogP contribution in [0.25, 0.3) is 0 Å². The van der Waals surface area contributed by atoms with Crippen LogP contribution in [0.4, 0.5) is 0 Å². The van der Waals surface area contributed by atoms with Crippen molar-refractivity contribution in [1.82, 2.24) is 20.4 Å². The first-order chi connectivity index (χ1) is 11.1. The molecular weight excluding hydrogens is 384 g/mol. The van der Waals surface area contributed by atoms with Gasteiger partial charge in [0.25, 0.3) is 0 Å². The summed E-state index contributed by atoms with van der Waals surface area (Å²) in [5.41, 5.74) is 1.82.